The maximum absolute atomic E-state index is 12.9. The lowest BCUT2D eigenvalue weighted by Crippen LogP contribution is -2.41. The number of carbonyl (C=O) groups excluding carboxylic acids is 2. The summed E-state index contributed by atoms with van der Waals surface area (Å²) >= 11 is 1.48. The second-order valence-electron chi connectivity index (χ2n) is 6.18. The topological polar surface area (TPSA) is 72.0 Å². The first-order chi connectivity index (χ1) is 12.6. The standard InChI is InChI=1S/C18H23N3O4S/c1-24-9-7-20(8-10-25-2)17(23)13-11-16(22)21(12-13)18-19-14-5-3-4-6-15(14)26-18/h3-6,13H,7-12H2,1-2H3. The van der Waals surface area contributed by atoms with Gasteiger partial charge >= 0.3 is 0 Å². The summed E-state index contributed by atoms with van der Waals surface area (Å²) in [6.07, 6.45) is 0.214. The molecule has 1 aromatic carbocycles. The van der Waals surface area contributed by atoms with Crippen molar-refractivity contribution in [2.45, 2.75) is 6.42 Å². The molecule has 0 aliphatic carbocycles. The molecule has 0 saturated carbocycles. The zero-order valence-electron chi connectivity index (χ0n) is 15.0. The van der Waals surface area contributed by atoms with Gasteiger partial charge in [0, 0.05) is 40.3 Å². The zero-order valence-corrected chi connectivity index (χ0v) is 15.8. The molecule has 0 radical (unpaired) electrons. The largest absolute Gasteiger partial charge is 0.383 e. The predicted molar refractivity (Wildman–Crippen MR) is 100 cm³/mol. The molecule has 1 aliphatic rings. The van der Waals surface area contributed by atoms with Crippen LogP contribution in [0.4, 0.5) is 5.13 Å². The van der Waals surface area contributed by atoms with Gasteiger partial charge in [0.05, 0.1) is 29.3 Å². The molecule has 2 aromatic rings. The Kier molecular flexibility index (Phi) is 6.18. The van der Waals surface area contributed by atoms with Crippen LogP contribution in [0.3, 0.4) is 0 Å². The van der Waals surface area contributed by atoms with Crippen molar-refractivity contribution < 1.29 is 19.1 Å². The maximum atomic E-state index is 12.9. The smallest absolute Gasteiger partial charge is 0.229 e. The van der Waals surface area contributed by atoms with Gasteiger partial charge in [-0.2, -0.15) is 0 Å². The minimum absolute atomic E-state index is 0.0314. The SMILES string of the molecule is COCCN(CCOC)C(=O)C1CC(=O)N(c2nc3ccccc3s2)C1. The molecule has 2 heterocycles. The maximum Gasteiger partial charge on any atom is 0.229 e. The van der Waals surface area contributed by atoms with E-state index in [9.17, 15) is 9.59 Å². The van der Waals surface area contributed by atoms with E-state index in [1.807, 2.05) is 24.3 Å². The van der Waals surface area contributed by atoms with Crippen LogP contribution in [-0.4, -0.2) is 68.8 Å². The zero-order chi connectivity index (χ0) is 18.5. The minimum atomic E-state index is -0.358. The van der Waals surface area contributed by atoms with Gasteiger partial charge in [0.2, 0.25) is 11.8 Å². The van der Waals surface area contributed by atoms with Gasteiger partial charge in [-0.15, -0.1) is 0 Å². The highest BCUT2D eigenvalue weighted by atomic mass is 32.1. The fourth-order valence-corrected chi connectivity index (χ4v) is 4.02. The van der Waals surface area contributed by atoms with Crippen LogP contribution >= 0.6 is 11.3 Å². The van der Waals surface area contributed by atoms with Crippen LogP contribution in [-0.2, 0) is 19.1 Å². The van der Waals surface area contributed by atoms with Gasteiger partial charge in [-0.05, 0) is 12.1 Å². The number of hydrogen-bond acceptors (Lipinski definition) is 6. The van der Waals surface area contributed by atoms with Crippen LogP contribution in [0.5, 0.6) is 0 Å². The van der Waals surface area contributed by atoms with Crippen LogP contribution in [0.2, 0.25) is 0 Å². The van der Waals surface area contributed by atoms with Crippen molar-refractivity contribution in [3.63, 3.8) is 0 Å². The Morgan fingerprint density at radius 3 is 2.62 bits per heavy atom. The summed E-state index contributed by atoms with van der Waals surface area (Å²) in [5.74, 6) is -0.444. The number of methoxy groups -OCH3 is 2. The Morgan fingerprint density at radius 2 is 1.96 bits per heavy atom. The molecule has 1 aliphatic heterocycles. The number of rotatable bonds is 8. The summed E-state index contributed by atoms with van der Waals surface area (Å²) in [7, 11) is 3.21. The Bertz CT molecular complexity index is 738. The highest BCUT2D eigenvalue weighted by Crippen LogP contribution is 2.33. The number of hydrogen-bond donors (Lipinski definition) is 0. The van der Waals surface area contributed by atoms with Gasteiger partial charge in [-0.25, -0.2) is 4.98 Å². The first kappa shape index (κ1) is 18.8. The Labute approximate surface area is 156 Å². The number of anilines is 1. The third-order valence-electron chi connectivity index (χ3n) is 4.43. The number of para-hydroxylation sites is 1. The van der Waals surface area contributed by atoms with Crippen molar-refractivity contribution in [3.05, 3.63) is 24.3 Å². The summed E-state index contributed by atoms with van der Waals surface area (Å²) in [5, 5.41) is 0.659. The molecule has 8 heteroatoms. The Hall–Kier alpha value is -2.03. The number of aromatic nitrogens is 1. The highest BCUT2D eigenvalue weighted by molar-refractivity contribution is 7.22. The van der Waals surface area contributed by atoms with E-state index >= 15 is 0 Å². The van der Waals surface area contributed by atoms with Crippen molar-refractivity contribution in [1.29, 1.82) is 0 Å². The molecular formula is C18H23N3O4S. The summed E-state index contributed by atoms with van der Waals surface area (Å²) in [6, 6.07) is 7.78. The van der Waals surface area contributed by atoms with Gasteiger partial charge in [-0.1, -0.05) is 23.5 Å². The predicted octanol–water partition coefficient (Wildman–Crippen LogP) is 1.77. The van der Waals surface area contributed by atoms with E-state index in [0.717, 1.165) is 10.2 Å². The average Bonchev–Trinajstić information content (AvgIpc) is 3.24. The third-order valence-corrected chi connectivity index (χ3v) is 5.49. The first-order valence-corrected chi connectivity index (χ1v) is 9.38. The van der Waals surface area contributed by atoms with Crippen molar-refractivity contribution in [2.75, 3.05) is 52.0 Å². The lowest BCUT2D eigenvalue weighted by atomic mass is 10.1. The van der Waals surface area contributed by atoms with E-state index < -0.39 is 0 Å². The molecule has 0 spiro atoms. The molecule has 26 heavy (non-hydrogen) atoms. The summed E-state index contributed by atoms with van der Waals surface area (Å²) in [6.45, 7) is 2.26. The molecule has 7 nitrogen and oxygen atoms in total. The molecule has 0 N–H and O–H groups in total. The fraction of sp³-hybridized carbons (Fsp3) is 0.500. The van der Waals surface area contributed by atoms with Gasteiger partial charge in [0.1, 0.15) is 0 Å². The summed E-state index contributed by atoms with van der Waals surface area (Å²) in [4.78, 5) is 33.3. The van der Waals surface area contributed by atoms with Crippen LogP contribution < -0.4 is 4.90 Å². The number of carbonyl (C=O) groups is 2. The lowest BCUT2D eigenvalue weighted by Gasteiger charge is -2.25. The number of ether oxygens (including phenoxy) is 2. The average molecular weight is 377 g/mol. The molecule has 1 fully saturated rings. The fourth-order valence-electron chi connectivity index (χ4n) is 3.03. The van der Waals surface area contributed by atoms with E-state index in [-0.39, 0.29) is 24.2 Å². The molecule has 3 rings (SSSR count). The molecule has 1 atom stereocenters. The van der Waals surface area contributed by atoms with Crippen LogP contribution in [0.25, 0.3) is 10.2 Å². The Balaban J connectivity index is 1.71. The third kappa shape index (κ3) is 4.03. The normalized spacial score (nSPS) is 17.2. The number of nitrogens with zero attached hydrogens (tertiary/aromatic N) is 3. The molecule has 1 unspecified atom stereocenters. The van der Waals surface area contributed by atoms with Gasteiger partial charge in [0.25, 0.3) is 0 Å². The molecule has 1 aromatic heterocycles. The van der Waals surface area contributed by atoms with Crippen molar-refractivity contribution in [2.24, 2.45) is 5.92 Å². The second-order valence-corrected chi connectivity index (χ2v) is 7.19. The summed E-state index contributed by atoms with van der Waals surface area (Å²) in [5.41, 5.74) is 0.872. The van der Waals surface area contributed by atoms with Crippen molar-refractivity contribution in [3.8, 4) is 0 Å². The van der Waals surface area contributed by atoms with Gasteiger partial charge < -0.3 is 14.4 Å². The second kappa shape index (κ2) is 8.57. The van der Waals surface area contributed by atoms with Gasteiger partial charge in [0.15, 0.2) is 5.13 Å². The van der Waals surface area contributed by atoms with Crippen molar-refractivity contribution >= 4 is 38.5 Å². The van der Waals surface area contributed by atoms with E-state index in [0.29, 0.717) is 38.0 Å². The molecule has 0 bridgehead atoms. The van der Waals surface area contributed by atoms with Crippen LogP contribution in [0.15, 0.2) is 24.3 Å². The van der Waals surface area contributed by atoms with Gasteiger partial charge in [-0.3, -0.25) is 14.5 Å². The first-order valence-electron chi connectivity index (χ1n) is 8.56. The minimum Gasteiger partial charge on any atom is -0.383 e. The molecular weight excluding hydrogens is 354 g/mol. The highest BCUT2D eigenvalue weighted by Gasteiger charge is 2.38. The molecule has 1 saturated heterocycles. The number of thiazole rings is 1. The van der Waals surface area contributed by atoms with Crippen molar-refractivity contribution in [1.82, 2.24) is 9.88 Å². The van der Waals surface area contributed by atoms with E-state index in [4.69, 9.17) is 9.47 Å². The van der Waals surface area contributed by atoms with E-state index in [2.05, 4.69) is 4.98 Å². The van der Waals surface area contributed by atoms with E-state index in [1.165, 1.54) is 11.3 Å². The summed E-state index contributed by atoms with van der Waals surface area (Å²) < 4.78 is 11.2. The number of amides is 2. The van der Waals surface area contributed by atoms with Crippen LogP contribution in [0.1, 0.15) is 6.42 Å². The number of benzene rings is 1. The lowest BCUT2D eigenvalue weighted by molar-refractivity contribution is -0.137. The van der Waals surface area contributed by atoms with Crippen LogP contribution in [0, 0.1) is 5.92 Å². The Morgan fingerprint density at radius 1 is 1.27 bits per heavy atom. The molecule has 2 amide bonds. The molecule has 140 valence electrons. The quantitative estimate of drug-likeness (QED) is 0.701. The number of fused-ring (bicyclic) bond motifs is 1. The van der Waals surface area contributed by atoms with E-state index in [1.54, 1.807) is 24.0 Å². The monoisotopic (exact) mass is 377 g/mol.